The predicted molar refractivity (Wildman–Crippen MR) is 86.4 cm³/mol. The number of hydrogen-bond donors (Lipinski definition) is 1. The first-order valence-corrected chi connectivity index (χ1v) is 8.37. The third kappa shape index (κ3) is 2.48. The monoisotopic (exact) mass is 329 g/mol. The molecule has 8 heteroatoms. The zero-order chi connectivity index (χ0) is 16.0. The summed E-state index contributed by atoms with van der Waals surface area (Å²) < 4.78 is 0. The molecule has 2 aromatic rings. The molecule has 23 heavy (non-hydrogen) atoms. The highest BCUT2D eigenvalue weighted by molar-refractivity contribution is 7.19. The predicted octanol–water partition coefficient (Wildman–Crippen LogP) is 1.78. The fraction of sp³-hybridized carbons (Fsp3) is 0.400. The fourth-order valence-electron chi connectivity index (χ4n) is 2.93. The van der Waals surface area contributed by atoms with E-state index in [4.69, 9.17) is 0 Å². The Morgan fingerprint density at radius 2 is 2.17 bits per heavy atom. The molecule has 1 N–H and O–H groups in total. The Hall–Kier alpha value is -2.35. The highest BCUT2D eigenvalue weighted by Gasteiger charge is 2.28. The van der Waals surface area contributed by atoms with Crippen molar-refractivity contribution in [3.63, 3.8) is 0 Å². The minimum Gasteiger partial charge on any atom is -0.302 e. The second-order valence-corrected chi connectivity index (χ2v) is 6.67. The molecule has 4 rings (SSSR count). The molecule has 1 aliphatic heterocycles. The number of nitrogens with one attached hydrogen (secondary N) is 1. The van der Waals surface area contributed by atoms with Gasteiger partial charge in [-0.05, 0) is 24.8 Å². The van der Waals surface area contributed by atoms with Gasteiger partial charge >= 0.3 is 0 Å². The van der Waals surface area contributed by atoms with E-state index >= 15 is 0 Å². The van der Waals surface area contributed by atoms with E-state index in [0.29, 0.717) is 24.0 Å². The number of aryl methyl sites for hydroxylation is 2. The molecule has 0 bridgehead atoms. The quantitative estimate of drug-likeness (QED) is 0.907. The molecule has 1 aliphatic carbocycles. The third-order valence-corrected chi connectivity index (χ3v) is 5.01. The molecule has 0 spiro atoms. The van der Waals surface area contributed by atoms with E-state index in [2.05, 4.69) is 20.3 Å². The lowest BCUT2D eigenvalue weighted by atomic mass is 10.00. The van der Waals surface area contributed by atoms with Crippen LogP contribution < -0.4 is 10.2 Å². The van der Waals surface area contributed by atoms with Gasteiger partial charge in [-0.3, -0.25) is 14.5 Å². The summed E-state index contributed by atoms with van der Waals surface area (Å²) in [7, 11) is 0. The minimum absolute atomic E-state index is 0.0734. The molecule has 0 aromatic carbocycles. The maximum Gasteiger partial charge on any atom is 0.232 e. The molecule has 7 nitrogen and oxygen atoms in total. The lowest BCUT2D eigenvalue weighted by molar-refractivity contribution is -0.117. The number of anilines is 2. The Kier molecular flexibility index (Phi) is 3.33. The van der Waals surface area contributed by atoms with Crippen LogP contribution in [0.4, 0.5) is 11.1 Å². The summed E-state index contributed by atoms with van der Waals surface area (Å²) in [5.41, 5.74) is 2.85. The van der Waals surface area contributed by atoms with Crippen molar-refractivity contribution in [1.29, 1.82) is 0 Å². The van der Waals surface area contributed by atoms with Crippen molar-refractivity contribution in [2.45, 2.75) is 32.6 Å². The standard InChI is InChI=1S/C15H15N5O2S/c1-8(21)17-15-18-10-5-4-9-7-16-14(19-12(9)13(10)23-15)20-6-2-3-11(20)22/h7H,2-6H2,1H3,(H,17,18,21). The van der Waals surface area contributed by atoms with Gasteiger partial charge < -0.3 is 5.32 Å². The fourth-order valence-corrected chi connectivity index (χ4v) is 4.01. The van der Waals surface area contributed by atoms with Crippen LogP contribution in [-0.4, -0.2) is 33.3 Å². The lowest BCUT2D eigenvalue weighted by Crippen LogP contribution is -2.26. The summed E-state index contributed by atoms with van der Waals surface area (Å²) in [6.07, 6.45) is 4.84. The smallest absolute Gasteiger partial charge is 0.232 e. The maximum absolute atomic E-state index is 11.9. The number of nitrogens with zero attached hydrogens (tertiary/aromatic N) is 4. The van der Waals surface area contributed by atoms with Crippen LogP contribution in [0.3, 0.4) is 0 Å². The molecule has 118 valence electrons. The highest BCUT2D eigenvalue weighted by Crippen LogP contribution is 2.39. The topological polar surface area (TPSA) is 88.1 Å². The molecule has 1 fully saturated rings. The summed E-state index contributed by atoms with van der Waals surface area (Å²) in [5, 5.41) is 3.32. The summed E-state index contributed by atoms with van der Waals surface area (Å²) in [6, 6.07) is 0. The van der Waals surface area contributed by atoms with Gasteiger partial charge in [0, 0.05) is 26.1 Å². The first kappa shape index (κ1) is 14.3. The Bertz CT molecular complexity index is 816. The molecular weight excluding hydrogens is 314 g/mol. The van der Waals surface area contributed by atoms with Crippen LogP contribution in [-0.2, 0) is 22.4 Å². The van der Waals surface area contributed by atoms with E-state index in [9.17, 15) is 9.59 Å². The van der Waals surface area contributed by atoms with Crippen LogP contribution in [0.2, 0.25) is 0 Å². The number of fused-ring (bicyclic) bond motifs is 3. The molecule has 0 unspecified atom stereocenters. The summed E-state index contributed by atoms with van der Waals surface area (Å²) >= 11 is 1.42. The number of rotatable bonds is 2. The molecule has 0 atom stereocenters. The van der Waals surface area contributed by atoms with Crippen LogP contribution >= 0.6 is 11.3 Å². The van der Waals surface area contributed by atoms with Gasteiger partial charge in [0.2, 0.25) is 17.8 Å². The van der Waals surface area contributed by atoms with E-state index in [1.807, 2.05) is 6.20 Å². The van der Waals surface area contributed by atoms with Crippen LogP contribution in [0, 0.1) is 0 Å². The largest absolute Gasteiger partial charge is 0.302 e. The van der Waals surface area contributed by atoms with Crippen molar-refractivity contribution < 1.29 is 9.59 Å². The second-order valence-electron chi connectivity index (χ2n) is 5.67. The van der Waals surface area contributed by atoms with Crippen molar-refractivity contribution in [3.8, 4) is 10.6 Å². The average molecular weight is 329 g/mol. The average Bonchev–Trinajstić information content (AvgIpc) is 3.11. The summed E-state index contributed by atoms with van der Waals surface area (Å²) in [5.74, 6) is 0.403. The molecular formula is C15H15N5O2S. The minimum atomic E-state index is -0.137. The third-order valence-electron chi connectivity index (χ3n) is 3.99. The summed E-state index contributed by atoms with van der Waals surface area (Å²) in [4.78, 5) is 39.2. The molecule has 1 saturated heterocycles. The van der Waals surface area contributed by atoms with Gasteiger partial charge in [-0.1, -0.05) is 11.3 Å². The van der Waals surface area contributed by atoms with Crippen LogP contribution in [0.5, 0.6) is 0 Å². The van der Waals surface area contributed by atoms with Crippen molar-refractivity contribution in [1.82, 2.24) is 15.0 Å². The van der Waals surface area contributed by atoms with E-state index in [-0.39, 0.29) is 11.8 Å². The number of carbonyl (C=O) groups excluding carboxylic acids is 2. The second kappa shape index (κ2) is 5.38. The molecule has 0 radical (unpaired) electrons. The first-order chi connectivity index (χ1) is 11.1. The SMILES string of the molecule is CC(=O)Nc1nc2c(s1)-c1nc(N3CCCC3=O)ncc1CC2. The number of hydrogen-bond acceptors (Lipinski definition) is 6. The zero-order valence-corrected chi connectivity index (χ0v) is 13.4. The van der Waals surface area contributed by atoms with Gasteiger partial charge in [0.1, 0.15) is 0 Å². The number of thiazole rings is 1. The molecule has 2 amide bonds. The molecule has 3 heterocycles. The van der Waals surface area contributed by atoms with Gasteiger partial charge in [-0.25, -0.2) is 15.0 Å². The Morgan fingerprint density at radius 3 is 2.91 bits per heavy atom. The molecule has 2 aromatic heterocycles. The Balaban J connectivity index is 1.75. The first-order valence-electron chi connectivity index (χ1n) is 7.56. The molecule has 2 aliphatic rings. The van der Waals surface area contributed by atoms with Gasteiger partial charge in [0.25, 0.3) is 0 Å². The number of carbonyl (C=O) groups is 2. The van der Waals surface area contributed by atoms with Gasteiger partial charge in [0.05, 0.1) is 16.3 Å². The maximum atomic E-state index is 11.9. The Labute approximate surface area is 136 Å². The lowest BCUT2D eigenvalue weighted by Gasteiger charge is -2.18. The van der Waals surface area contributed by atoms with Gasteiger partial charge in [-0.2, -0.15) is 0 Å². The van der Waals surface area contributed by atoms with E-state index in [1.165, 1.54) is 18.3 Å². The van der Waals surface area contributed by atoms with Crippen molar-refractivity contribution in [3.05, 3.63) is 17.5 Å². The van der Waals surface area contributed by atoms with E-state index in [1.54, 1.807) is 4.90 Å². The highest BCUT2D eigenvalue weighted by atomic mass is 32.1. The number of aromatic nitrogens is 3. The van der Waals surface area contributed by atoms with E-state index < -0.39 is 0 Å². The van der Waals surface area contributed by atoms with Crippen LogP contribution in [0.15, 0.2) is 6.20 Å². The van der Waals surface area contributed by atoms with Crippen molar-refractivity contribution in [2.75, 3.05) is 16.8 Å². The van der Waals surface area contributed by atoms with Crippen molar-refractivity contribution >= 4 is 34.2 Å². The van der Waals surface area contributed by atoms with E-state index in [0.717, 1.165) is 41.1 Å². The normalized spacial score (nSPS) is 16.2. The van der Waals surface area contributed by atoms with Crippen LogP contribution in [0.1, 0.15) is 31.0 Å². The Morgan fingerprint density at radius 1 is 1.30 bits per heavy atom. The van der Waals surface area contributed by atoms with Crippen molar-refractivity contribution in [2.24, 2.45) is 0 Å². The summed E-state index contributed by atoms with van der Waals surface area (Å²) in [6.45, 7) is 2.14. The zero-order valence-electron chi connectivity index (χ0n) is 12.6. The number of amides is 2. The van der Waals surface area contributed by atoms with Crippen LogP contribution in [0.25, 0.3) is 10.6 Å². The van der Waals surface area contributed by atoms with Gasteiger partial charge in [0.15, 0.2) is 5.13 Å². The van der Waals surface area contributed by atoms with Gasteiger partial charge in [-0.15, -0.1) is 0 Å². The molecule has 0 saturated carbocycles.